The van der Waals surface area contributed by atoms with Crippen molar-refractivity contribution < 1.29 is 14.0 Å². The summed E-state index contributed by atoms with van der Waals surface area (Å²) in [6, 6.07) is 5.53. The average Bonchev–Trinajstić information content (AvgIpc) is 2.65. The Bertz CT molecular complexity index is 571. The average molecular weight is 341 g/mol. The Hall–Kier alpha value is -0.615. The third-order valence-electron chi connectivity index (χ3n) is 4.27. The van der Waals surface area contributed by atoms with E-state index in [9.17, 15) is 0 Å². The Kier molecular flexibility index (Phi) is 5.22. The SMILES string of the molecule is COc1cc(Cl)ccc1C=C(CS)B1OC(C)(C)C(C)(C)O1. The second kappa shape index (κ2) is 6.48. The van der Waals surface area contributed by atoms with E-state index in [1.165, 1.54) is 0 Å². The lowest BCUT2D eigenvalue weighted by Crippen LogP contribution is -2.41. The second-order valence-corrected chi connectivity index (χ2v) is 7.10. The van der Waals surface area contributed by atoms with Crippen LogP contribution in [-0.4, -0.2) is 31.2 Å². The molecule has 1 aromatic carbocycles. The molecule has 0 saturated carbocycles. The summed E-state index contributed by atoms with van der Waals surface area (Å²) >= 11 is 10.4. The van der Waals surface area contributed by atoms with Gasteiger partial charge in [-0.15, -0.1) is 0 Å². The van der Waals surface area contributed by atoms with Gasteiger partial charge in [-0.2, -0.15) is 12.6 Å². The lowest BCUT2D eigenvalue weighted by molar-refractivity contribution is 0.00578. The van der Waals surface area contributed by atoms with Gasteiger partial charge in [-0.05, 0) is 51.4 Å². The van der Waals surface area contributed by atoms with Crippen molar-refractivity contribution in [2.45, 2.75) is 38.9 Å². The standard InChI is InChI=1S/C16H22BClO3S/c1-15(2)16(3,4)21-17(20-15)12(10-22)8-11-6-7-13(18)9-14(11)19-5/h6-9,22H,10H2,1-5H3. The fraction of sp³-hybridized carbons (Fsp3) is 0.500. The number of ether oxygens (including phenoxy) is 1. The Labute approximate surface area is 143 Å². The first-order valence-corrected chi connectivity index (χ1v) is 8.22. The zero-order valence-electron chi connectivity index (χ0n) is 13.6. The van der Waals surface area contributed by atoms with E-state index >= 15 is 0 Å². The highest BCUT2D eigenvalue weighted by Crippen LogP contribution is 2.39. The van der Waals surface area contributed by atoms with Crippen molar-refractivity contribution in [3.8, 4) is 5.75 Å². The minimum atomic E-state index is -0.414. The molecule has 0 N–H and O–H groups in total. The molecule has 0 unspecified atom stereocenters. The van der Waals surface area contributed by atoms with Crippen LogP contribution in [-0.2, 0) is 9.31 Å². The first-order chi connectivity index (χ1) is 10.2. The zero-order chi connectivity index (χ0) is 16.5. The van der Waals surface area contributed by atoms with Gasteiger partial charge in [0.25, 0.3) is 0 Å². The first kappa shape index (κ1) is 17.7. The van der Waals surface area contributed by atoms with Gasteiger partial charge < -0.3 is 14.0 Å². The molecular weight excluding hydrogens is 319 g/mol. The van der Waals surface area contributed by atoms with E-state index in [0.717, 1.165) is 11.0 Å². The molecule has 2 rings (SSSR count). The maximum Gasteiger partial charge on any atom is 0.491 e. The lowest BCUT2D eigenvalue weighted by Gasteiger charge is -2.32. The van der Waals surface area contributed by atoms with E-state index in [-0.39, 0.29) is 11.2 Å². The molecule has 3 nitrogen and oxygen atoms in total. The van der Waals surface area contributed by atoms with E-state index in [1.807, 2.05) is 45.9 Å². The molecule has 0 radical (unpaired) electrons. The fourth-order valence-corrected chi connectivity index (χ4v) is 2.59. The zero-order valence-corrected chi connectivity index (χ0v) is 15.3. The van der Waals surface area contributed by atoms with Gasteiger partial charge in [0.05, 0.1) is 18.3 Å². The summed E-state index contributed by atoms with van der Waals surface area (Å²) in [6.07, 6.45) is 1.99. The van der Waals surface area contributed by atoms with Crippen molar-refractivity contribution in [2.75, 3.05) is 12.9 Å². The molecule has 0 aromatic heterocycles. The van der Waals surface area contributed by atoms with Crippen LogP contribution < -0.4 is 4.74 Å². The van der Waals surface area contributed by atoms with Crippen molar-refractivity contribution in [1.29, 1.82) is 0 Å². The minimum Gasteiger partial charge on any atom is -0.496 e. The van der Waals surface area contributed by atoms with Crippen molar-refractivity contribution in [2.24, 2.45) is 0 Å². The monoisotopic (exact) mass is 340 g/mol. The van der Waals surface area contributed by atoms with E-state index in [2.05, 4.69) is 12.6 Å². The molecule has 1 aliphatic rings. The molecule has 120 valence electrons. The van der Waals surface area contributed by atoms with E-state index < -0.39 is 7.12 Å². The summed E-state index contributed by atoms with van der Waals surface area (Å²) in [5.74, 6) is 1.24. The molecule has 1 saturated heterocycles. The molecule has 0 amide bonds. The van der Waals surface area contributed by atoms with Crippen LogP contribution in [0.5, 0.6) is 5.75 Å². The van der Waals surface area contributed by atoms with Crippen LogP contribution in [0.3, 0.4) is 0 Å². The topological polar surface area (TPSA) is 27.7 Å². The third-order valence-corrected chi connectivity index (χ3v) is 4.88. The third kappa shape index (κ3) is 3.48. The van der Waals surface area contributed by atoms with Crippen molar-refractivity contribution in [3.05, 3.63) is 34.3 Å². The molecule has 6 heteroatoms. The van der Waals surface area contributed by atoms with Gasteiger partial charge in [0.2, 0.25) is 0 Å². The van der Waals surface area contributed by atoms with Gasteiger partial charge >= 0.3 is 7.12 Å². The van der Waals surface area contributed by atoms with Crippen LogP contribution in [0.4, 0.5) is 0 Å². The Morgan fingerprint density at radius 3 is 2.36 bits per heavy atom. The van der Waals surface area contributed by atoms with E-state index in [1.54, 1.807) is 13.2 Å². The normalized spacial score (nSPS) is 20.3. The molecule has 1 heterocycles. The highest BCUT2D eigenvalue weighted by molar-refractivity contribution is 7.80. The number of halogens is 1. The van der Waals surface area contributed by atoms with E-state index in [4.69, 9.17) is 25.6 Å². The van der Waals surface area contributed by atoms with Crippen LogP contribution in [0, 0.1) is 0 Å². The van der Waals surface area contributed by atoms with Crippen LogP contribution in [0.1, 0.15) is 33.3 Å². The van der Waals surface area contributed by atoms with Crippen LogP contribution in [0.15, 0.2) is 23.7 Å². The summed E-state index contributed by atoms with van der Waals surface area (Å²) in [7, 11) is 1.21. The molecule has 0 aliphatic carbocycles. The smallest absolute Gasteiger partial charge is 0.491 e. The molecule has 1 aliphatic heterocycles. The minimum absolute atomic E-state index is 0.371. The molecule has 1 aromatic rings. The first-order valence-electron chi connectivity index (χ1n) is 7.20. The maximum atomic E-state index is 6.08. The summed E-state index contributed by atoms with van der Waals surface area (Å²) in [5, 5.41) is 0.636. The van der Waals surface area contributed by atoms with Gasteiger partial charge in [-0.25, -0.2) is 0 Å². The quantitative estimate of drug-likeness (QED) is 0.654. The molecule has 22 heavy (non-hydrogen) atoms. The maximum absolute atomic E-state index is 6.08. The number of methoxy groups -OCH3 is 1. The number of hydrogen-bond acceptors (Lipinski definition) is 4. The summed E-state index contributed by atoms with van der Waals surface area (Å²) in [6.45, 7) is 8.13. The van der Waals surface area contributed by atoms with E-state index in [0.29, 0.717) is 16.5 Å². The van der Waals surface area contributed by atoms with Gasteiger partial charge in [0, 0.05) is 16.3 Å². The van der Waals surface area contributed by atoms with Crippen LogP contribution >= 0.6 is 24.2 Å². The number of thiol groups is 1. The predicted octanol–water partition coefficient (Wildman–Crippen LogP) is 4.29. The Balaban J connectivity index is 2.34. The van der Waals surface area contributed by atoms with Crippen LogP contribution in [0.25, 0.3) is 6.08 Å². The van der Waals surface area contributed by atoms with Gasteiger partial charge in [-0.3, -0.25) is 0 Å². The van der Waals surface area contributed by atoms with Gasteiger partial charge in [0.15, 0.2) is 0 Å². The number of hydrogen-bond donors (Lipinski definition) is 1. The largest absolute Gasteiger partial charge is 0.496 e. The van der Waals surface area contributed by atoms with Gasteiger partial charge in [0.1, 0.15) is 5.75 Å². The highest BCUT2D eigenvalue weighted by Gasteiger charge is 2.52. The summed E-state index contributed by atoms with van der Waals surface area (Å²) in [5.41, 5.74) is 1.13. The molecule has 0 bridgehead atoms. The molecule has 0 atom stereocenters. The van der Waals surface area contributed by atoms with Crippen LogP contribution in [0.2, 0.25) is 5.02 Å². The Morgan fingerprint density at radius 1 is 1.27 bits per heavy atom. The number of benzene rings is 1. The predicted molar refractivity (Wildman–Crippen MR) is 95.9 cm³/mol. The summed E-state index contributed by atoms with van der Waals surface area (Å²) < 4.78 is 17.5. The van der Waals surface area contributed by atoms with Crippen molar-refractivity contribution in [1.82, 2.24) is 0 Å². The number of rotatable bonds is 4. The van der Waals surface area contributed by atoms with Gasteiger partial charge in [-0.1, -0.05) is 17.7 Å². The molecular formula is C16H22BClO3S. The van der Waals surface area contributed by atoms with Crippen molar-refractivity contribution >= 4 is 37.4 Å². The Morgan fingerprint density at radius 2 is 1.86 bits per heavy atom. The summed E-state index contributed by atoms with van der Waals surface area (Å²) in [4.78, 5) is 0. The van der Waals surface area contributed by atoms with Crippen molar-refractivity contribution in [3.63, 3.8) is 0 Å². The second-order valence-electron chi connectivity index (χ2n) is 6.35. The molecule has 1 fully saturated rings. The lowest BCUT2D eigenvalue weighted by atomic mass is 9.78. The highest BCUT2D eigenvalue weighted by atomic mass is 35.5. The fourth-order valence-electron chi connectivity index (χ4n) is 2.19. The molecule has 0 spiro atoms.